The van der Waals surface area contributed by atoms with Gasteiger partial charge in [-0.25, -0.2) is 0 Å². The molecule has 1 aliphatic carbocycles. The van der Waals surface area contributed by atoms with Gasteiger partial charge in [0.05, 0.1) is 0 Å². The van der Waals surface area contributed by atoms with Crippen LogP contribution in [0.15, 0.2) is 0 Å². The van der Waals surface area contributed by atoms with Crippen molar-refractivity contribution in [1.82, 2.24) is 10.6 Å². The molecule has 0 bridgehead atoms. The average Bonchev–Trinajstić information content (AvgIpc) is 2.91. The highest BCUT2D eigenvalue weighted by Gasteiger charge is 2.16. The summed E-state index contributed by atoms with van der Waals surface area (Å²) in [5.41, 5.74) is 0. The third-order valence-corrected chi connectivity index (χ3v) is 4.48. The Labute approximate surface area is 111 Å². The van der Waals surface area contributed by atoms with E-state index in [1.807, 2.05) is 0 Å². The SMILES string of the molecule is O=C(CCC1CCCN1)NCCC1CCCCC1. The maximum Gasteiger partial charge on any atom is 0.220 e. The topological polar surface area (TPSA) is 41.1 Å². The van der Waals surface area contributed by atoms with Gasteiger partial charge in [0.2, 0.25) is 5.91 Å². The molecule has 1 saturated heterocycles. The molecule has 0 aromatic heterocycles. The van der Waals surface area contributed by atoms with Gasteiger partial charge in [-0.3, -0.25) is 4.79 Å². The molecule has 1 aliphatic heterocycles. The van der Waals surface area contributed by atoms with E-state index in [0.29, 0.717) is 12.5 Å². The lowest BCUT2D eigenvalue weighted by molar-refractivity contribution is -0.121. The van der Waals surface area contributed by atoms with Crippen molar-refractivity contribution in [2.75, 3.05) is 13.1 Å². The van der Waals surface area contributed by atoms with Crippen molar-refractivity contribution in [3.8, 4) is 0 Å². The van der Waals surface area contributed by atoms with E-state index < -0.39 is 0 Å². The highest BCUT2D eigenvalue weighted by Crippen LogP contribution is 2.25. The average molecular weight is 252 g/mol. The molecule has 1 unspecified atom stereocenters. The van der Waals surface area contributed by atoms with E-state index in [1.165, 1.54) is 51.4 Å². The van der Waals surface area contributed by atoms with Crippen molar-refractivity contribution in [1.29, 1.82) is 0 Å². The maximum atomic E-state index is 11.7. The van der Waals surface area contributed by atoms with Crippen LogP contribution in [0.1, 0.15) is 64.2 Å². The van der Waals surface area contributed by atoms with E-state index >= 15 is 0 Å². The van der Waals surface area contributed by atoms with Gasteiger partial charge in [-0.05, 0) is 38.1 Å². The zero-order valence-electron chi connectivity index (χ0n) is 11.5. The second kappa shape index (κ2) is 7.78. The Bertz CT molecular complexity index is 243. The highest BCUT2D eigenvalue weighted by molar-refractivity contribution is 5.75. The largest absolute Gasteiger partial charge is 0.356 e. The summed E-state index contributed by atoms with van der Waals surface area (Å²) in [6.07, 6.45) is 12.4. The minimum absolute atomic E-state index is 0.250. The molecule has 2 rings (SSSR count). The van der Waals surface area contributed by atoms with Gasteiger partial charge >= 0.3 is 0 Å². The molecular weight excluding hydrogens is 224 g/mol. The van der Waals surface area contributed by atoms with E-state index in [4.69, 9.17) is 0 Å². The monoisotopic (exact) mass is 252 g/mol. The van der Waals surface area contributed by atoms with Crippen LogP contribution in [0.2, 0.25) is 0 Å². The van der Waals surface area contributed by atoms with Gasteiger partial charge in [0.15, 0.2) is 0 Å². The van der Waals surface area contributed by atoms with Crippen molar-refractivity contribution in [2.45, 2.75) is 70.3 Å². The Kier molecular flexibility index (Phi) is 5.98. The fourth-order valence-electron chi connectivity index (χ4n) is 3.29. The van der Waals surface area contributed by atoms with Gasteiger partial charge in [-0.15, -0.1) is 0 Å². The normalized spacial score (nSPS) is 25.2. The predicted octanol–water partition coefficient (Wildman–Crippen LogP) is 2.61. The van der Waals surface area contributed by atoms with Crippen LogP contribution in [0.3, 0.4) is 0 Å². The molecular formula is C15H28N2O. The van der Waals surface area contributed by atoms with Crippen molar-refractivity contribution >= 4 is 5.91 Å². The zero-order chi connectivity index (χ0) is 12.6. The minimum Gasteiger partial charge on any atom is -0.356 e. The number of amides is 1. The lowest BCUT2D eigenvalue weighted by Gasteiger charge is -2.21. The number of hydrogen-bond acceptors (Lipinski definition) is 2. The molecule has 0 aromatic rings. The van der Waals surface area contributed by atoms with E-state index in [-0.39, 0.29) is 5.91 Å². The Morgan fingerprint density at radius 1 is 1.06 bits per heavy atom. The van der Waals surface area contributed by atoms with Crippen LogP contribution in [0, 0.1) is 5.92 Å². The molecule has 1 atom stereocenters. The van der Waals surface area contributed by atoms with Crippen molar-refractivity contribution < 1.29 is 4.79 Å². The van der Waals surface area contributed by atoms with Crippen LogP contribution < -0.4 is 10.6 Å². The van der Waals surface area contributed by atoms with E-state index in [1.54, 1.807) is 0 Å². The lowest BCUT2D eigenvalue weighted by Crippen LogP contribution is -2.29. The predicted molar refractivity (Wildman–Crippen MR) is 74.5 cm³/mol. The van der Waals surface area contributed by atoms with Gasteiger partial charge in [-0.2, -0.15) is 0 Å². The van der Waals surface area contributed by atoms with Crippen LogP contribution in [-0.2, 0) is 4.79 Å². The fourth-order valence-corrected chi connectivity index (χ4v) is 3.29. The fraction of sp³-hybridized carbons (Fsp3) is 0.933. The lowest BCUT2D eigenvalue weighted by atomic mass is 9.87. The van der Waals surface area contributed by atoms with Crippen LogP contribution in [0.5, 0.6) is 0 Å². The summed E-state index contributed by atoms with van der Waals surface area (Å²) >= 11 is 0. The van der Waals surface area contributed by atoms with Crippen molar-refractivity contribution in [3.05, 3.63) is 0 Å². The van der Waals surface area contributed by atoms with Gasteiger partial charge < -0.3 is 10.6 Å². The Balaban J connectivity index is 1.48. The molecule has 18 heavy (non-hydrogen) atoms. The second-order valence-electron chi connectivity index (χ2n) is 5.97. The summed E-state index contributed by atoms with van der Waals surface area (Å²) in [6.45, 7) is 2.02. The van der Waals surface area contributed by atoms with Crippen molar-refractivity contribution in [3.63, 3.8) is 0 Å². The van der Waals surface area contributed by atoms with Gasteiger partial charge in [0.25, 0.3) is 0 Å². The summed E-state index contributed by atoms with van der Waals surface area (Å²) < 4.78 is 0. The second-order valence-corrected chi connectivity index (χ2v) is 5.97. The molecule has 1 amide bonds. The molecule has 1 saturated carbocycles. The number of nitrogens with one attached hydrogen (secondary N) is 2. The number of carbonyl (C=O) groups is 1. The number of rotatable bonds is 6. The Morgan fingerprint density at radius 2 is 1.89 bits per heavy atom. The third kappa shape index (κ3) is 4.97. The summed E-state index contributed by atoms with van der Waals surface area (Å²) in [7, 11) is 0. The van der Waals surface area contributed by atoms with Crippen LogP contribution in [0.4, 0.5) is 0 Å². The van der Waals surface area contributed by atoms with Crippen LogP contribution in [-0.4, -0.2) is 25.0 Å². The molecule has 2 N–H and O–H groups in total. The Hall–Kier alpha value is -0.570. The molecule has 0 aromatic carbocycles. The van der Waals surface area contributed by atoms with Crippen LogP contribution in [0.25, 0.3) is 0 Å². The molecule has 2 aliphatic rings. The first-order chi connectivity index (χ1) is 8.84. The summed E-state index contributed by atoms with van der Waals surface area (Å²) in [5, 5.41) is 6.53. The first-order valence-corrected chi connectivity index (χ1v) is 7.84. The highest BCUT2D eigenvalue weighted by atomic mass is 16.1. The molecule has 0 radical (unpaired) electrons. The first-order valence-electron chi connectivity index (χ1n) is 7.84. The molecule has 3 heteroatoms. The molecule has 104 valence electrons. The Morgan fingerprint density at radius 3 is 2.61 bits per heavy atom. The smallest absolute Gasteiger partial charge is 0.220 e. The zero-order valence-corrected chi connectivity index (χ0v) is 11.5. The summed E-state index contributed by atoms with van der Waals surface area (Å²) in [6, 6.07) is 0.592. The first kappa shape index (κ1) is 13.9. The summed E-state index contributed by atoms with van der Waals surface area (Å²) in [5.74, 6) is 1.12. The molecule has 3 nitrogen and oxygen atoms in total. The molecule has 1 heterocycles. The van der Waals surface area contributed by atoms with Crippen LogP contribution >= 0.6 is 0 Å². The maximum absolute atomic E-state index is 11.7. The summed E-state index contributed by atoms with van der Waals surface area (Å²) in [4.78, 5) is 11.7. The van der Waals surface area contributed by atoms with Gasteiger partial charge in [0, 0.05) is 19.0 Å². The molecule has 0 spiro atoms. The van der Waals surface area contributed by atoms with Crippen molar-refractivity contribution in [2.24, 2.45) is 5.92 Å². The molecule has 2 fully saturated rings. The van der Waals surface area contributed by atoms with Gasteiger partial charge in [0.1, 0.15) is 0 Å². The quantitative estimate of drug-likeness (QED) is 0.763. The van der Waals surface area contributed by atoms with E-state index in [2.05, 4.69) is 10.6 Å². The van der Waals surface area contributed by atoms with Gasteiger partial charge in [-0.1, -0.05) is 32.1 Å². The van der Waals surface area contributed by atoms with E-state index in [9.17, 15) is 4.79 Å². The third-order valence-electron chi connectivity index (χ3n) is 4.48. The minimum atomic E-state index is 0.250. The number of hydrogen-bond donors (Lipinski definition) is 2. The number of carbonyl (C=O) groups excluding carboxylic acids is 1. The standard InChI is InChI=1S/C15H28N2O/c18-15(9-8-14-7-4-11-16-14)17-12-10-13-5-2-1-3-6-13/h13-14,16H,1-12H2,(H,17,18). The van der Waals surface area contributed by atoms with E-state index in [0.717, 1.165) is 25.4 Å².